The third-order valence-electron chi connectivity index (χ3n) is 2.39. The number of hydrogen-bond acceptors (Lipinski definition) is 4. The first-order valence-corrected chi connectivity index (χ1v) is 5.64. The average Bonchev–Trinajstić information content (AvgIpc) is 2.38. The van der Waals surface area contributed by atoms with Crippen molar-refractivity contribution in [3.63, 3.8) is 0 Å². The summed E-state index contributed by atoms with van der Waals surface area (Å²) in [7, 11) is 0. The van der Waals surface area contributed by atoms with E-state index in [2.05, 4.69) is 9.97 Å². The number of nitrogens with one attached hydrogen (secondary N) is 1. The fraction of sp³-hybridized carbons (Fsp3) is 0.154. The van der Waals surface area contributed by atoms with E-state index in [0.29, 0.717) is 5.56 Å². The van der Waals surface area contributed by atoms with Gasteiger partial charge in [0, 0.05) is 11.8 Å². The molecule has 1 heterocycles. The monoisotopic (exact) mass is 262 g/mol. The zero-order valence-corrected chi connectivity index (χ0v) is 10.1. The highest BCUT2D eigenvalue weighted by Crippen LogP contribution is 2.14. The predicted molar refractivity (Wildman–Crippen MR) is 66.2 cm³/mol. The summed E-state index contributed by atoms with van der Waals surface area (Å²) < 4.78 is 17.8. The molecule has 1 aromatic heterocycles. The molecule has 0 aliphatic carbocycles. The number of benzene rings is 1. The van der Waals surface area contributed by atoms with Gasteiger partial charge in [-0.2, -0.15) is 0 Å². The van der Waals surface area contributed by atoms with Crippen molar-refractivity contribution in [1.29, 1.82) is 0 Å². The first-order chi connectivity index (χ1) is 9.11. The largest absolute Gasteiger partial charge is 0.462 e. The number of carbonyl (C=O) groups excluding carboxylic acids is 1. The molecule has 0 aliphatic rings. The summed E-state index contributed by atoms with van der Waals surface area (Å²) in [5.74, 6) is -0.978. The van der Waals surface area contributed by atoms with Crippen LogP contribution in [0.4, 0.5) is 4.39 Å². The zero-order chi connectivity index (χ0) is 13.8. The molecule has 19 heavy (non-hydrogen) atoms. The molecule has 0 saturated heterocycles. The van der Waals surface area contributed by atoms with Gasteiger partial charge in [0.1, 0.15) is 17.2 Å². The van der Waals surface area contributed by atoms with Crippen LogP contribution in [-0.4, -0.2) is 22.5 Å². The molecule has 0 aliphatic heterocycles. The Hall–Kier alpha value is -2.50. The average molecular weight is 262 g/mol. The zero-order valence-electron chi connectivity index (χ0n) is 10.1. The van der Waals surface area contributed by atoms with Crippen LogP contribution in [0, 0.1) is 5.82 Å². The maximum atomic E-state index is 13.1. The second-order valence-electron chi connectivity index (χ2n) is 3.71. The molecule has 0 fully saturated rings. The fourth-order valence-corrected chi connectivity index (χ4v) is 1.53. The molecule has 1 aromatic carbocycles. The minimum atomic E-state index is -0.734. The van der Waals surface area contributed by atoms with Gasteiger partial charge in [0.25, 0.3) is 5.56 Å². The van der Waals surface area contributed by atoms with Crippen molar-refractivity contribution >= 4 is 5.97 Å². The van der Waals surface area contributed by atoms with Gasteiger partial charge < -0.3 is 9.72 Å². The van der Waals surface area contributed by atoms with Crippen molar-refractivity contribution in [3.05, 3.63) is 52.2 Å². The lowest BCUT2D eigenvalue weighted by atomic mass is 10.2. The topological polar surface area (TPSA) is 72.0 Å². The Morgan fingerprint density at radius 2 is 2.26 bits per heavy atom. The maximum absolute atomic E-state index is 13.1. The van der Waals surface area contributed by atoms with Crippen LogP contribution in [0.3, 0.4) is 0 Å². The van der Waals surface area contributed by atoms with E-state index in [0.717, 1.165) is 6.20 Å². The summed E-state index contributed by atoms with van der Waals surface area (Å²) in [6, 6.07) is 5.63. The number of carbonyl (C=O) groups is 1. The highest BCUT2D eigenvalue weighted by atomic mass is 19.1. The highest BCUT2D eigenvalue weighted by Gasteiger charge is 2.13. The fourth-order valence-electron chi connectivity index (χ4n) is 1.53. The molecule has 0 amide bonds. The van der Waals surface area contributed by atoms with Gasteiger partial charge in [-0.15, -0.1) is 0 Å². The second-order valence-corrected chi connectivity index (χ2v) is 3.71. The van der Waals surface area contributed by atoms with E-state index >= 15 is 0 Å². The number of nitrogens with zero attached hydrogens (tertiary/aromatic N) is 1. The molecule has 1 N–H and O–H groups in total. The normalized spacial score (nSPS) is 10.2. The summed E-state index contributed by atoms with van der Waals surface area (Å²) in [6.45, 7) is 1.81. The van der Waals surface area contributed by atoms with Crippen LogP contribution in [0.5, 0.6) is 0 Å². The summed E-state index contributed by atoms with van der Waals surface area (Å²) in [5.41, 5.74) is -0.373. The van der Waals surface area contributed by atoms with E-state index in [1.807, 2.05) is 0 Å². The molecule has 98 valence electrons. The lowest BCUT2D eigenvalue weighted by Crippen LogP contribution is -2.20. The number of hydrogen-bond donors (Lipinski definition) is 1. The van der Waals surface area contributed by atoms with Crippen molar-refractivity contribution in [1.82, 2.24) is 9.97 Å². The quantitative estimate of drug-likeness (QED) is 0.855. The molecule has 0 bridgehead atoms. The summed E-state index contributed by atoms with van der Waals surface area (Å²) >= 11 is 0. The van der Waals surface area contributed by atoms with Gasteiger partial charge in [0.05, 0.1) is 6.61 Å². The number of halogens is 1. The standard InChI is InChI=1S/C13H11FN2O3/c1-2-19-13(18)10-7-15-11(16-12(10)17)8-4-3-5-9(14)6-8/h3-7H,2H2,1H3,(H,15,16,17). The number of aromatic amines is 1. The molecule has 0 unspecified atom stereocenters. The number of ether oxygens (including phenoxy) is 1. The van der Waals surface area contributed by atoms with Crippen LogP contribution in [0.25, 0.3) is 11.4 Å². The van der Waals surface area contributed by atoms with E-state index < -0.39 is 17.3 Å². The maximum Gasteiger partial charge on any atom is 0.345 e. The predicted octanol–water partition coefficient (Wildman–Crippen LogP) is 1.75. The molecular weight excluding hydrogens is 251 g/mol. The third-order valence-corrected chi connectivity index (χ3v) is 2.39. The van der Waals surface area contributed by atoms with Gasteiger partial charge in [-0.1, -0.05) is 12.1 Å². The molecule has 0 atom stereocenters. The lowest BCUT2D eigenvalue weighted by molar-refractivity contribution is 0.0524. The van der Waals surface area contributed by atoms with Gasteiger partial charge in [-0.05, 0) is 19.1 Å². The Morgan fingerprint density at radius 3 is 2.89 bits per heavy atom. The van der Waals surface area contributed by atoms with Crippen molar-refractivity contribution < 1.29 is 13.9 Å². The van der Waals surface area contributed by atoms with Crippen LogP contribution in [0.15, 0.2) is 35.3 Å². The van der Waals surface area contributed by atoms with Gasteiger partial charge in [-0.25, -0.2) is 14.2 Å². The van der Waals surface area contributed by atoms with Crippen LogP contribution in [-0.2, 0) is 4.74 Å². The molecule has 2 aromatic rings. The Kier molecular flexibility index (Phi) is 3.70. The Balaban J connectivity index is 2.39. The number of rotatable bonds is 3. The summed E-state index contributed by atoms with van der Waals surface area (Å²) in [6.07, 6.45) is 1.12. The van der Waals surface area contributed by atoms with E-state index in [1.165, 1.54) is 18.2 Å². The van der Waals surface area contributed by atoms with Crippen molar-refractivity contribution in [3.8, 4) is 11.4 Å². The van der Waals surface area contributed by atoms with Crippen molar-refractivity contribution in [2.45, 2.75) is 6.92 Å². The molecular formula is C13H11FN2O3. The Morgan fingerprint density at radius 1 is 1.47 bits per heavy atom. The van der Waals surface area contributed by atoms with Gasteiger partial charge in [0.2, 0.25) is 0 Å². The summed E-state index contributed by atoms with van der Waals surface area (Å²) in [5, 5.41) is 0. The van der Waals surface area contributed by atoms with Crippen LogP contribution < -0.4 is 5.56 Å². The number of esters is 1. The Labute approximate surface area is 108 Å². The van der Waals surface area contributed by atoms with E-state index in [9.17, 15) is 14.0 Å². The second kappa shape index (κ2) is 5.43. The van der Waals surface area contributed by atoms with Crippen LogP contribution >= 0.6 is 0 Å². The highest BCUT2D eigenvalue weighted by molar-refractivity contribution is 5.88. The molecule has 6 heteroatoms. The minimum absolute atomic E-state index is 0.171. The molecule has 0 saturated carbocycles. The smallest absolute Gasteiger partial charge is 0.345 e. The number of H-pyrrole nitrogens is 1. The van der Waals surface area contributed by atoms with Crippen molar-refractivity contribution in [2.24, 2.45) is 0 Å². The first-order valence-electron chi connectivity index (χ1n) is 5.64. The molecule has 2 rings (SSSR count). The summed E-state index contributed by atoms with van der Waals surface area (Å²) in [4.78, 5) is 29.5. The lowest BCUT2D eigenvalue weighted by Gasteiger charge is -2.03. The van der Waals surface area contributed by atoms with Gasteiger partial charge in [0.15, 0.2) is 0 Å². The Bertz CT molecular complexity index is 667. The van der Waals surface area contributed by atoms with Crippen LogP contribution in [0.2, 0.25) is 0 Å². The van der Waals surface area contributed by atoms with Gasteiger partial charge in [-0.3, -0.25) is 4.79 Å². The number of aromatic nitrogens is 2. The molecule has 0 radical (unpaired) electrons. The molecule has 5 nitrogen and oxygen atoms in total. The van der Waals surface area contributed by atoms with E-state index in [-0.39, 0.29) is 18.0 Å². The van der Waals surface area contributed by atoms with E-state index in [1.54, 1.807) is 13.0 Å². The van der Waals surface area contributed by atoms with Crippen LogP contribution in [0.1, 0.15) is 17.3 Å². The van der Waals surface area contributed by atoms with E-state index in [4.69, 9.17) is 4.74 Å². The molecule has 0 spiro atoms. The van der Waals surface area contributed by atoms with Gasteiger partial charge >= 0.3 is 5.97 Å². The van der Waals surface area contributed by atoms with Crippen molar-refractivity contribution in [2.75, 3.05) is 6.61 Å². The SMILES string of the molecule is CCOC(=O)c1cnc(-c2cccc(F)c2)[nH]c1=O. The third kappa shape index (κ3) is 2.85. The minimum Gasteiger partial charge on any atom is -0.462 e. The first kappa shape index (κ1) is 12.9.